The molecule has 8 nitrogen and oxygen atoms in total. The summed E-state index contributed by atoms with van der Waals surface area (Å²) in [6, 6.07) is 18.1. The summed E-state index contributed by atoms with van der Waals surface area (Å²) in [6.07, 6.45) is 1.44. The second kappa shape index (κ2) is 10.7. The van der Waals surface area contributed by atoms with Crippen molar-refractivity contribution < 1.29 is 32.0 Å². The number of rotatable bonds is 11. The normalized spacial score (nSPS) is 12.2. The maximum Gasteiger partial charge on any atom is 0.339 e. The summed E-state index contributed by atoms with van der Waals surface area (Å²) in [5, 5.41) is 9.03. The fourth-order valence-electron chi connectivity index (χ4n) is 2.85. The molecule has 0 aliphatic heterocycles. The average Bonchev–Trinajstić information content (AvgIpc) is 2.80. The van der Waals surface area contributed by atoms with Crippen LogP contribution in [0.2, 0.25) is 0 Å². The fourth-order valence-corrected chi connectivity index (χ4v) is 3.80. The largest absolute Gasteiger partial charge is 0.479 e. The zero-order chi connectivity index (χ0) is 23.0. The van der Waals surface area contributed by atoms with Gasteiger partial charge in [-0.05, 0) is 35.4 Å². The second-order valence-corrected chi connectivity index (χ2v) is 8.41. The van der Waals surface area contributed by atoms with Crippen LogP contribution in [0.15, 0.2) is 77.8 Å². The zero-order valence-corrected chi connectivity index (χ0v) is 18.2. The summed E-state index contributed by atoms with van der Waals surface area (Å²) in [5.41, 5.74) is 1.67. The Morgan fingerprint density at radius 1 is 1.00 bits per heavy atom. The highest BCUT2D eigenvalue weighted by molar-refractivity contribution is 7.87. The van der Waals surface area contributed by atoms with Gasteiger partial charge >= 0.3 is 16.1 Å². The van der Waals surface area contributed by atoms with Crippen molar-refractivity contribution in [2.75, 3.05) is 13.7 Å². The third kappa shape index (κ3) is 6.53. The van der Waals surface area contributed by atoms with Gasteiger partial charge in [0.25, 0.3) is 0 Å². The molecule has 0 aliphatic rings. The van der Waals surface area contributed by atoms with Crippen molar-refractivity contribution in [2.24, 2.45) is 0 Å². The van der Waals surface area contributed by atoms with E-state index in [1.807, 2.05) is 0 Å². The van der Waals surface area contributed by atoms with E-state index in [-0.39, 0.29) is 17.1 Å². The second-order valence-electron chi connectivity index (χ2n) is 6.86. The molecule has 0 spiro atoms. The quantitative estimate of drug-likeness (QED) is 0.437. The van der Waals surface area contributed by atoms with Crippen molar-refractivity contribution in [3.05, 3.63) is 84.1 Å². The minimum Gasteiger partial charge on any atom is -0.479 e. The molecule has 1 atom stereocenters. The van der Waals surface area contributed by atoms with Gasteiger partial charge in [-0.25, -0.2) is 9.78 Å². The molecule has 0 fully saturated rings. The minimum absolute atomic E-state index is 0.0942. The number of benzene rings is 2. The van der Waals surface area contributed by atoms with E-state index in [1.165, 1.54) is 19.2 Å². The first-order valence-electron chi connectivity index (χ1n) is 9.79. The van der Waals surface area contributed by atoms with Crippen LogP contribution in [0.3, 0.4) is 0 Å². The van der Waals surface area contributed by atoms with Crippen LogP contribution in [-0.4, -0.2) is 44.3 Å². The topological polar surface area (TPSA) is 112 Å². The number of pyridine rings is 1. The molecule has 1 unspecified atom stereocenters. The van der Waals surface area contributed by atoms with E-state index < -0.39 is 22.2 Å². The summed E-state index contributed by atoms with van der Waals surface area (Å²) in [5.74, 6) is -0.375. The lowest BCUT2D eigenvalue weighted by atomic mass is 10.1. The molecule has 3 aromatic rings. The minimum atomic E-state index is -3.87. The van der Waals surface area contributed by atoms with Crippen LogP contribution in [-0.2, 0) is 32.5 Å². The molecule has 1 heterocycles. The first-order chi connectivity index (χ1) is 15.4. The smallest absolute Gasteiger partial charge is 0.339 e. The van der Waals surface area contributed by atoms with Crippen molar-refractivity contribution in [1.29, 1.82) is 0 Å². The molecular weight excluding hydrogens is 434 g/mol. The molecule has 9 heteroatoms. The number of aromatic nitrogens is 1. The Balaban J connectivity index is 1.49. The Morgan fingerprint density at radius 3 is 2.28 bits per heavy atom. The molecule has 168 valence electrons. The van der Waals surface area contributed by atoms with Crippen LogP contribution in [0.4, 0.5) is 0 Å². The summed E-state index contributed by atoms with van der Waals surface area (Å²) in [6.45, 7) is 0.366. The Morgan fingerprint density at radius 2 is 1.69 bits per heavy atom. The van der Waals surface area contributed by atoms with Crippen LogP contribution in [0.25, 0.3) is 0 Å². The number of ether oxygens (including phenoxy) is 2. The number of hydrogen-bond donors (Lipinski definition) is 1. The average molecular weight is 458 g/mol. The van der Waals surface area contributed by atoms with Gasteiger partial charge in [-0.3, -0.25) is 0 Å². The molecule has 0 bridgehead atoms. The maximum absolute atomic E-state index is 12.3. The van der Waals surface area contributed by atoms with Gasteiger partial charge in [-0.15, -0.1) is 0 Å². The first-order valence-corrected chi connectivity index (χ1v) is 11.2. The van der Waals surface area contributed by atoms with Gasteiger partial charge in [-0.1, -0.05) is 36.4 Å². The fraction of sp³-hybridized carbons (Fsp3) is 0.217. The number of methoxy groups -OCH3 is 1. The zero-order valence-electron chi connectivity index (χ0n) is 17.4. The molecule has 32 heavy (non-hydrogen) atoms. The number of carboxylic acid groups (broad SMARTS) is 1. The van der Waals surface area contributed by atoms with Gasteiger partial charge in [0.2, 0.25) is 5.88 Å². The van der Waals surface area contributed by atoms with Gasteiger partial charge in [0.1, 0.15) is 10.6 Å². The lowest BCUT2D eigenvalue weighted by molar-refractivity contribution is -0.148. The summed E-state index contributed by atoms with van der Waals surface area (Å²) in [7, 11) is -2.52. The van der Waals surface area contributed by atoms with E-state index in [0.717, 1.165) is 11.1 Å². The number of carboxylic acids is 1. The third-order valence-corrected chi connectivity index (χ3v) is 5.84. The number of carbonyl (C=O) groups is 1. The molecule has 1 N–H and O–H groups in total. The third-order valence-electron chi connectivity index (χ3n) is 4.58. The summed E-state index contributed by atoms with van der Waals surface area (Å²) in [4.78, 5) is 15.3. The highest BCUT2D eigenvalue weighted by Crippen LogP contribution is 2.19. The monoisotopic (exact) mass is 457 g/mol. The van der Waals surface area contributed by atoms with E-state index in [0.29, 0.717) is 18.9 Å². The molecule has 0 saturated heterocycles. The highest BCUT2D eigenvalue weighted by atomic mass is 32.2. The maximum atomic E-state index is 12.3. The van der Waals surface area contributed by atoms with Crippen molar-refractivity contribution in [3.8, 4) is 11.6 Å². The number of nitrogens with zero attached hydrogens (tertiary/aromatic N) is 1. The van der Waals surface area contributed by atoms with Crippen molar-refractivity contribution in [1.82, 2.24) is 4.98 Å². The van der Waals surface area contributed by atoms with Gasteiger partial charge in [0.15, 0.2) is 6.10 Å². The molecule has 1 aromatic heterocycles. The van der Waals surface area contributed by atoms with Crippen LogP contribution < -0.4 is 8.92 Å². The molecule has 0 radical (unpaired) electrons. The van der Waals surface area contributed by atoms with Crippen LogP contribution >= 0.6 is 0 Å². The molecule has 3 rings (SSSR count). The van der Waals surface area contributed by atoms with E-state index in [4.69, 9.17) is 18.8 Å². The Labute approximate surface area is 186 Å². The Bertz CT molecular complexity index is 1120. The highest BCUT2D eigenvalue weighted by Gasteiger charge is 2.17. The Hall–Kier alpha value is -3.43. The van der Waals surface area contributed by atoms with Gasteiger partial charge in [0.05, 0.1) is 6.61 Å². The van der Waals surface area contributed by atoms with Crippen LogP contribution in [0, 0.1) is 0 Å². The van der Waals surface area contributed by atoms with Crippen molar-refractivity contribution in [3.63, 3.8) is 0 Å². The number of hydrogen-bond acceptors (Lipinski definition) is 7. The van der Waals surface area contributed by atoms with Crippen LogP contribution in [0.5, 0.6) is 11.6 Å². The van der Waals surface area contributed by atoms with E-state index in [2.05, 4.69) is 4.98 Å². The molecule has 2 aromatic carbocycles. The van der Waals surface area contributed by atoms with Gasteiger partial charge in [-0.2, -0.15) is 8.42 Å². The predicted molar refractivity (Wildman–Crippen MR) is 116 cm³/mol. The lowest BCUT2D eigenvalue weighted by Crippen LogP contribution is -2.24. The van der Waals surface area contributed by atoms with Crippen molar-refractivity contribution in [2.45, 2.75) is 23.8 Å². The van der Waals surface area contributed by atoms with E-state index >= 15 is 0 Å². The molecule has 0 saturated carbocycles. The van der Waals surface area contributed by atoms with E-state index in [1.54, 1.807) is 60.8 Å². The summed E-state index contributed by atoms with van der Waals surface area (Å²) < 4.78 is 40.2. The van der Waals surface area contributed by atoms with Gasteiger partial charge < -0.3 is 18.8 Å². The molecule has 0 amide bonds. The SMILES string of the molecule is COC(Cc1ccc(OCCc2ccc(OS(=O)(=O)c3ccccc3)cc2)nc1)C(=O)O. The number of aliphatic carboxylic acids is 1. The van der Waals surface area contributed by atoms with Crippen LogP contribution in [0.1, 0.15) is 11.1 Å². The predicted octanol–water partition coefficient (Wildman–Crippen LogP) is 3.11. The summed E-state index contributed by atoms with van der Waals surface area (Å²) >= 11 is 0. The Kier molecular flexibility index (Phi) is 7.80. The lowest BCUT2D eigenvalue weighted by Gasteiger charge is -2.11. The first kappa shape index (κ1) is 23.2. The van der Waals surface area contributed by atoms with Crippen molar-refractivity contribution >= 4 is 16.1 Å². The molecular formula is C23H23NO7S. The van der Waals surface area contributed by atoms with E-state index in [9.17, 15) is 13.2 Å². The standard InChI is InChI=1S/C23H23NO7S/c1-29-21(23(25)26)15-18-9-12-22(24-16-18)30-14-13-17-7-10-19(11-8-17)31-32(27,28)20-5-3-2-4-6-20/h2-12,16,21H,13-15H2,1H3,(H,25,26). The molecule has 0 aliphatic carbocycles. The van der Waals surface area contributed by atoms with Gasteiger partial charge in [0, 0.05) is 32.2 Å².